The van der Waals surface area contributed by atoms with Crippen LogP contribution in [0.25, 0.3) is 0 Å². The highest BCUT2D eigenvalue weighted by Gasteiger charge is 2.32. The van der Waals surface area contributed by atoms with Crippen LogP contribution in [0.15, 0.2) is 0 Å². The molecule has 1 rings (SSSR count). The molecule has 1 aliphatic heterocycles. The average molecular weight is 299 g/mol. The number of unbranched alkanes of at least 4 members (excludes halogenated alkanes) is 2. The van der Waals surface area contributed by atoms with Crippen molar-refractivity contribution in [1.29, 1.82) is 0 Å². The molecule has 7 heteroatoms. The second-order valence-corrected chi connectivity index (χ2v) is 5.14. The lowest BCUT2D eigenvalue weighted by atomic mass is 10.1. The summed E-state index contributed by atoms with van der Waals surface area (Å²) in [7, 11) is 0. The zero-order chi connectivity index (χ0) is 15.8. The van der Waals surface area contributed by atoms with E-state index < -0.39 is 17.8 Å². The van der Waals surface area contributed by atoms with Gasteiger partial charge in [-0.3, -0.25) is 14.4 Å². The fourth-order valence-electron chi connectivity index (χ4n) is 1.84. The van der Waals surface area contributed by atoms with Gasteiger partial charge in [0.2, 0.25) is 0 Å². The molecule has 1 heterocycles. The standard InChI is InChI=1S/C14H21NO6/c1-10(2)20-13(18)6-4-3-5-7-14(19)21-15-11(16)8-9-12(15)17/h10H,3-9H2,1-2H3. The number of carbonyl (C=O) groups is 4. The summed E-state index contributed by atoms with van der Waals surface area (Å²) in [5.74, 6) is -1.82. The number of hydrogen-bond donors (Lipinski definition) is 0. The number of carbonyl (C=O) groups excluding carboxylic acids is 4. The van der Waals surface area contributed by atoms with Crippen LogP contribution in [-0.4, -0.2) is 34.9 Å². The van der Waals surface area contributed by atoms with E-state index in [2.05, 4.69) is 0 Å². The van der Waals surface area contributed by atoms with Crippen LogP contribution in [0.2, 0.25) is 0 Å². The molecule has 1 aliphatic rings. The Kier molecular flexibility index (Phi) is 6.84. The highest BCUT2D eigenvalue weighted by Crippen LogP contribution is 2.13. The number of amides is 2. The van der Waals surface area contributed by atoms with Crippen LogP contribution >= 0.6 is 0 Å². The van der Waals surface area contributed by atoms with E-state index in [1.165, 1.54) is 0 Å². The first kappa shape index (κ1) is 17.1. The zero-order valence-corrected chi connectivity index (χ0v) is 12.4. The summed E-state index contributed by atoms with van der Waals surface area (Å²) in [6.45, 7) is 3.57. The third-order valence-electron chi connectivity index (χ3n) is 2.83. The third kappa shape index (κ3) is 6.37. The van der Waals surface area contributed by atoms with Gasteiger partial charge in [0, 0.05) is 25.7 Å². The molecule has 118 valence electrons. The molecular weight excluding hydrogens is 278 g/mol. The summed E-state index contributed by atoms with van der Waals surface area (Å²) in [5, 5.41) is 0.544. The number of esters is 1. The van der Waals surface area contributed by atoms with Crippen molar-refractivity contribution >= 4 is 23.8 Å². The quantitative estimate of drug-likeness (QED) is 0.383. The number of imide groups is 1. The molecule has 0 bridgehead atoms. The van der Waals surface area contributed by atoms with Gasteiger partial charge < -0.3 is 9.57 Å². The minimum absolute atomic E-state index is 0.0874. The number of hydroxylamine groups is 2. The second-order valence-electron chi connectivity index (χ2n) is 5.14. The van der Waals surface area contributed by atoms with Crippen molar-refractivity contribution in [1.82, 2.24) is 5.06 Å². The van der Waals surface area contributed by atoms with Gasteiger partial charge in [-0.05, 0) is 26.7 Å². The molecule has 1 fully saturated rings. The van der Waals surface area contributed by atoms with Crippen LogP contribution in [0, 0.1) is 0 Å². The molecular formula is C14H21NO6. The Balaban J connectivity index is 2.10. The maximum atomic E-state index is 11.5. The number of hydrogen-bond acceptors (Lipinski definition) is 6. The molecule has 0 N–H and O–H groups in total. The first-order valence-electron chi connectivity index (χ1n) is 7.16. The van der Waals surface area contributed by atoms with Crippen LogP contribution < -0.4 is 0 Å². The molecule has 0 aromatic heterocycles. The van der Waals surface area contributed by atoms with Crippen molar-refractivity contribution in [3.05, 3.63) is 0 Å². The summed E-state index contributed by atoms with van der Waals surface area (Å²) in [6, 6.07) is 0. The van der Waals surface area contributed by atoms with Crippen molar-refractivity contribution in [2.45, 2.75) is 64.9 Å². The van der Waals surface area contributed by atoms with Gasteiger partial charge in [-0.1, -0.05) is 6.42 Å². The molecule has 0 saturated carbocycles. The fraction of sp³-hybridized carbons (Fsp3) is 0.714. The van der Waals surface area contributed by atoms with Gasteiger partial charge in [0.25, 0.3) is 11.8 Å². The molecule has 21 heavy (non-hydrogen) atoms. The molecule has 1 saturated heterocycles. The smallest absolute Gasteiger partial charge is 0.333 e. The van der Waals surface area contributed by atoms with E-state index in [9.17, 15) is 19.2 Å². The van der Waals surface area contributed by atoms with Crippen LogP contribution in [0.1, 0.15) is 58.8 Å². The molecule has 2 amide bonds. The summed E-state index contributed by atoms with van der Waals surface area (Å²) in [5.41, 5.74) is 0. The Morgan fingerprint density at radius 3 is 2.05 bits per heavy atom. The molecule has 0 aromatic carbocycles. The molecule has 0 spiro atoms. The lowest BCUT2D eigenvalue weighted by Crippen LogP contribution is -2.31. The number of nitrogens with zero attached hydrogens (tertiary/aromatic N) is 1. The number of ether oxygens (including phenoxy) is 1. The van der Waals surface area contributed by atoms with E-state index in [1.54, 1.807) is 13.8 Å². The van der Waals surface area contributed by atoms with Crippen LogP contribution in [-0.2, 0) is 28.8 Å². The highest BCUT2D eigenvalue weighted by molar-refractivity contribution is 6.01. The Hall–Kier alpha value is -1.92. The summed E-state index contributed by atoms with van der Waals surface area (Å²) >= 11 is 0. The second kappa shape index (κ2) is 8.39. The van der Waals surface area contributed by atoms with E-state index in [-0.39, 0.29) is 31.3 Å². The Morgan fingerprint density at radius 2 is 1.52 bits per heavy atom. The summed E-state index contributed by atoms with van der Waals surface area (Å²) in [6.07, 6.45) is 2.30. The van der Waals surface area contributed by atoms with Gasteiger partial charge in [-0.25, -0.2) is 4.79 Å². The zero-order valence-electron chi connectivity index (χ0n) is 12.4. The molecule has 7 nitrogen and oxygen atoms in total. The normalized spacial score (nSPS) is 14.7. The minimum Gasteiger partial charge on any atom is -0.463 e. The molecule has 0 aliphatic carbocycles. The van der Waals surface area contributed by atoms with Crippen molar-refractivity contribution < 1.29 is 28.8 Å². The van der Waals surface area contributed by atoms with Crippen molar-refractivity contribution in [3.8, 4) is 0 Å². The monoisotopic (exact) mass is 299 g/mol. The fourth-order valence-corrected chi connectivity index (χ4v) is 1.84. The molecule has 0 radical (unpaired) electrons. The Labute approximate surface area is 123 Å². The SMILES string of the molecule is CC(C)OC(=O)CCCCCC(=O)ON1C(=O)CCC1=O. The predicted octanol–water partition coefficient (Wildman–Crippen LogP) is 1.50. The average Bonchev–Trinajstić information content (AvgIpc) is 2.69. The largest absolute Gasteiger partial charge is 0.463 e. The van der Waals surface area contributed by atoms with E-state index in [0.29, 0.717) is 30.7 Å². The van der Waals surface area contributed by atoms with E-state index >= 15 is 0 Å². The summed E-state index contributed by atoms with van der Waals surface area (Å²) < 4.78 is 4.98. The van der Waals surface area contributed by atoms with Gasteiger partial charge in [0.15, 0.2) is 0 Å². The van der Waals surface area contributed by atoms with Crippen molar-refractivity contribution in [2.24, 2.45) is 0 Å². The van der Waals surface area contributed by atoms with Gasteiger partial charge in [0.05, 0.1) is 6.10 Å². The Morgan fingerprint density at radius 1 is 1.00 bits per heavy atom. The van der Waals surface area contributed by atoms with Gasteiger partial charge in [-0.2, -0.15) is 0 Å². The predicted molar refractivity (Wildman–Crippen MR) is 71.5 cm³/mol. The van der Waals surface area contributed by atoms with Crippen molar-refractivity contribution in [3.63, 3.8) is 0 Å². The number of rotatable bonds is 8. The topological polar surface area (TPSA) is 90.0 Å². The maximum absolute atomic E-state index is 11.5. The van der Waals surface area contributed by atoms with Gasteiger partial charge in [0.1, 0.15) is 0 Å². The van der Waals surface area contributed by atoms with Gasteiger partial charge in [-0.15, -0.1) is 5.06 Å². The Bertz CT molecular complexity index is 402. The molecule has 0 atom stereocenters. The lowest BCUT2D eigenvalue weighted by Gasteiger charge is -2.12. The van der Waals surface area contributed by atoms with Crippen LogP contribution in [0.4, 0.5) is 0 Å². The highest BCUT2D eigenvalue weighted by atomic mass is 16.7. The van der Waals surface area contributed by atoms with Crippen LogP contribution in [0.5, 0.6) is 0 Å². The third-order valence-corrected chi connectivity index (χ3v) is 2.83. The minimum atomic E-state index is -0.608. The first-order chi connectivity index (χ1) is 9.90. The maximum Gasteiger partial charge on any atom is 0.333 e. The lowest BCUT2D eigenvalue weighted by molar-refractivity contribution is -0.197. The summed E-state index contributed by atoms with van der Waals surface area (Å²) in [4.78, 5) is 49.9. The first-order valence-corrected chi connectivity index (χ1v) is 7.16. The van der Waals surface area contributed by atoms with E-state index in [1.807, 2.05) is 0 Å². The van der Waals surface area contributed by atoms with Crippen molar-refractivity contribution in [2.75, 3.05) is 0 Å². The van der Waals surface area contributed by atoms with Gasteiger partial charge >= 0.3 is 11.9 Å². The van der Waals surface area contributed by atoms with E-state index in [4.69, 9.17) is 9.57 Å². The van der Waals surface area contributed by atoms with E-state index in [0.717, 1.165) is 0 Å². The van der Waals surface area contributed by atoms with Crippen LogP contribution in [0.3, 0.4) is 0 Å². The molecule has 0 aromatic rings. The molecule has 0 unspecified atom stereocenters.